The first-order valence-electron chi connectivity index (χ1n) is 5.51. The smallest absolute Gasteiger partial charge is 0.255 e. The molecule has 0 radical (unpaired) electrons. The third-order valence-electron chi connectivity index (χ3n) is 2.50. The first-order chi connectivity index (χ1) is 8.81. The lowest BCUT2D eigenvalue weighted by Gasteiger charge is -2.08. The molecule has 0 bridgehead atoms. The number of carbonyl (C=O) groups excluding carboxylic acids is 1. The van der Waals surface area contributed by atoms with Gasteiger partial charge in [0.1, 0.15) is 0 Å². The predicted molar refractivity (Wildman–Crippen MR) is 72.4 cm³/mol. The van der Waals surface area contributed by atoms with Gasteiger partial charge in [0.15, 0.2) is 0 Å². The molecule has 0 saturated heterocycles. The highest BCUT2D eigenvalue weighted by Crippen LogP contribution is 2.11. The molecule has 2 heterocycles. The fourth-order valence-corrected chi connectivity index (χ4v) is 2.25. The maximum absolute atomic E-state index is 11.9. The highest BCUT2D eigenvalue weighted by atomic mass is 32.1. The van der Waals surface area contributed by atoms with Crippen LogP contribution in [0.1, 0.15) is 15.9 Å². The van der Waals surface area contributed by atoms with Crippen LogP contribution < -0.4 is 16.6 Å². The van der Waals surface area contributed by atoms with E-state index < -0.39 is 0 Å². The highest BCUT2D eigenvalue weighted by Gasteiger charge is 2.09. The van der Waals surface area contributed by atoms with Crippen LogP contribution in [0, 0.1) is 0 Å². The van der Waals surface area contributed by atoms with Gasteiger partial charge in [0, 0.05) is 18.9 Å². The Balaban J connectivity index is 1.91. The molecule has 18 heavy (non-hydrogen) atoms. The molecule has 0 aliphatic rings. The van der Waals surface area contributed by atoms with E-state index in [1.807, 2.05) is 11.4 Å². The number of thiophene rings is 1. The zero-order chi connectivity index (χ0) is 12.8. The first-order valence-corrected chi connectivity index (χ1v) is 6.45. The third-order valence-corrected chi connectivity index (χ3v) is 3.23. The molecule has 4 N–H and O–H groups in total. The van der Waals surface area contributed by atoms with Crippen molar-refractivity contribution in [2.45, 2.75) is 6.42 Å². The van der Waals surface area contributed by atoms with E-state index >= 15 is 0 Å². The third kappa shape index (κ3) is 3.06. The minimum atomic E-state index is -0.175. The quantitative estimate of drug-likeness (QED) is 0.562. The monoisotopic (exact) mass is 262 g/mol. The maximum Gasteiger partial charge on any atom is 0.255 e. The van der Waals surface area contributed by atoms with Crippen molar-refractivity contribution in [1.82, 2.24) is 10.3 Å². The Labute approximate surface area is 109 Å². The number of hydrogen-bond acceptors (Lipinski definition) is 5. The lowest BCUT2D eigenvalue weighted by Crippen LogP contribution is -2.27. The summed E-state index contributed by atoms with van der Waals surface area (Å²) >= 11 is 1.65. The van der Waals surface area contributed by atoms with Crippen molar-refractivity contribution in [1.29, 1.82) is 0 Å². The van der Waals surface area contributed by atoms with Gasteiger partial charge < -0.3 is 10.7 Å². The molecule has 0 saturated carbocycles. The molecule has 1 amide bonds. The van der Waals surface area contributed by atoms with Crippen molar-refractivity contribution in [3.8, 4) is 0 Å². The average Bonchev–Trinajstić information content (AvgIpc) is 2.91. The van der Waals surface area contributed by atoms with Crippen molar-refractivity contribution < 1.29 is 4.79 Å². The van der Waals surface area contributed by atoms with E-state index in [-0.39, 0.29) is 5.91 Å². The van der Waals surface area contributed by atoms with E-state index in [1.165, 1.54) is 11.8 Å². The van der Waals surface area contributed by atoms with Gasteiger partial charge in [-0.1, -0.05) is 0 Å². The number of nitrogens with two attached hydrogens (primary N) is 1. The fraction of sp³-hybridized carbons (Fsp3) is 0.167. The molecule has 2 rings (SSSR count). The molecule has 0 aliphatic heterocycles. The number of hydrogen-bond donors (Lipinski definition) is 3. The standard InChI is InChI=1S/C12H14N4OS/c13-16-11-2-4-14-7-10(11)12(17)15-5-1-9-3-6-18-8-9/h2-4,6-8H,1,5,13H2,(H,14,16)(H,15,17). The van der Waals surface area contributed by atoms with Gasteiger partial charge in [-0.2, -0.15) is 11.3 Å². The number of amides is 1. The van der Waals surface area contributed by atoms with Crippen LogP contribution in [0.15, 0.2) is 35.3 Å². The molecular weight excluding hydrogens is 248 g/mol. The summed E-state index contributed by atoms with van der Waals surface area (Å²) in [5.74, 6) is 5.16. The SMILES string of the molecule is NNc1ccncc1C(=O)NCCc1ccsc1. The van der Waals surface area contributed by atoms with Crippen LogP contribution in [0.4, 0.5) is 5.69 Å². The minimum absolute atomic E-state index is 0.175. The molecule has 0 atom stereocenters. The topological polar surface area (TPSA) is 80.0 Å². The van der Waals surface area contributed by atoms with E-state index in [0.717, 1.165) is 6.42 Å². The number of pyridine rings is 1. The summed E-state index contributed by atoms with van der Waals surface area (Å²) in [6, 6.07) is 3.71. The number of nitrogens with zero attached hydrogens (tertiary/aromatic N) is 1. The second-order valence-corrected chi connectivity index (χ2v) is 4.48. The van der Waals surface area contributed by atoms with Crippen molar-refractivity contribution in [2.24, 2.45) is 5.84 Å². The summed E-state index contributed by atoms with van der Waals surface area (Å²) in [4.78, 5) is 15.8. The molecular formula is C12H14N4OS. The van der Waals surface area contributed by atoms with Crippen molar-refractivity contribution in [3.63, 3.8) is 0 Å². The Morgan fingerprint density at radius 3 is 3.06 bits per heavy atom. The van der Waals surface area contributed by atoms with Crippen LogP contribution in [-0.4, -0.2) is 17.4 Å². The van der Waals surface area contributed by atoms with Gasteiger partial charge in [0.2, 0.25) is 0 Å². The Morgan fingerprint density at radius 2 is 2.33 bits per heavy atom. The summed E-state index contributed by atoms with van der Waals surface area (Å²) in [5.41, 5.74) is 4.72. The van der Waals surface area contributed by atoms with Crippen molar-refractivity contribution in [3.05, 3.63) is 46.4 Å². The molecule has 0 aliphatic carbocycles. The second kappa shape index (κ2) is 6.13. The Hall–Kier alpha value is -1.92. The van der Waals surface area contributed by atoms with Crippen molar-refractivity contribution in [2.75, 3.05) is 12.0 Å². The van der Waals surface area contributed by atoms with Crippen molar-refractivity contribution >= 4 is 22.9 Å². The van der Waals surface area contributed by atoms with Crippen LogP contribution >= 0.6 is 11.3 Å². The number of hydrazine groups is 1. The molecule has 6 heteroatoms. The fourth-order valence-electron chi connectivity index (χ4n) is 1.55. The van der Waals surface area contributed by atoms with Crippen LogP contribution in [0.3, 0.4) is 0 Å². The van der Waals surface area contributed by atoms with Gasteiger partial charge >= 0.3 is 0 Å². The molecule has 2 aromatic heterocycles. The molecule has 0 spiro atoms. The predicted octanol–water partition coefficient (Wildman–Crippen LogP) is 1.40. The van der Waals surface area contributed by atoms with Crippen LogP contribution in [0.5, 0.6) is 0 Å². The Kier molecular flexibility index (Phi) is 4.27. The van der Waals surface area contributed by atoms with E-state index in [2.05, 4.69) is 21.1 Å². The normalized spacial score (nSPS) is 10.1. The van der Waals surface area contributed by atoms with Gasteiger partial charge in [-0.15, -0.1) is 0 Å². The summed E-state index contributed by atoms with van der Waals surface area (Å²) in [5, 5.41) is 6.94. The number of anilines is 1. The van der Waals surface area contributed by atoms with Gasteiger partial charge in [-0.25, -0.2) is 0 Å². The zero-order valence-electron chi connectivity index (χ0n) is 9.72. The molecule has 5 nitrogen and oxygen atoms in total. The maximum atomic E-state index is 11.9. The molecule has 2 aromatic rings. The first kappa shape index (κ1) is 12.5. The summed E-state index contributed by atoms with van der Waals surface area (Å²) in [6.45, 7) is 0.592. The lowest BCUT2D eigenvalue weighted by molar-refractivity contribution is 0.0954. The largest absolute Gasteiger partial charge is 0.352 e. The Bertz CT molecular complexity index is 513. The van der Waals surface area contributed by atoms with E-state index in [0.29, 0.717) is 17.8 Å². The van der Waals surface area contributed by atoms with E-state index in [4.69, 9.17) is 5.84 Å². The highest BCUT2D eigenvalue weighted by molar-refractivity contribution is 7.07. The van der Waals surface area contributed by atoms with Crippen LogP contribution in [0.25, 0.3) is 0 Å². The summed E-state index contributed by atoms with van der Waals surface area (Å²) in [7, 11) is 0. The van der Waals surface area contributed by atoms with Gasteiger partial charge in [-0.3, -0.25) is 15.6 Å². The Morgan fingerprint density at radius 1 is 1.44 bits per heavy atom. The van der Waals surface area contributed by atoms with Gasteiger partial charge in [-0.05, 0) is 34.9 Å². The minimum Gasteiger partial charge on any atom is -0.352 e. The summed E-state index contributed by atoms with van der Waals surface area (Å²) in [6.07, 6.45) is 3.90. The molecule has 0 fully saturated rings. The zero-order valence-corrected chi connectivity index (χ0v) is 10.5. The van der Waals surface area contributed by atoms with Crippen LogP contribution in [0.2, 0.25) is 0 Å². The van der Waals surface area contributed by atoms with Gasteiger partial charge in [0.25, 0.3) is 5.91 Å². The molecule has 94 valence electrons. The summed E-state index contributed by atoms with van der Waals surface area (Å²) < 4.78 is 0. The second-order valence-electron chi connectivity index (χ2n) is 3.70. The number of aromatic nitrogens is 1. The lowest BCUT2D eigenvalue weighted by atomic mass is 10.2. The van der Waals surface area contributed by atoms with Gasteiger partial charge in [0.05, 0.1) is 11.3 Å². The number of nitrogens with one attached hydrogen (secondary N) is 2. The number of rotatable bonds is 5. The molecule has 0 aromatic carbocycles. The number of nitrogen functional groups attached to an aromatic ring is 1. The molecule has 0 unspecified atom stereocenters. The van der Waals surface area contributed by atoms with E-state index in [1.54, 1.807) is 23.6 Å². The number of carbonyl (C=O) groups is 1. The average molecular weight is 262 g/mol. The van der Waals surface area contributed by atoms with Crippen LogP contribution in [-0.2, 0) is 6.42 Å². The van der Waals surface area contributed by atoms with E-state index in [9.17, 15) is 4.79 Å².